The Morgan fingerprint density at radius 3 is 2.90 bits per heavy atom. The first-order valence-electron chi connectivity index (χ1n) is 10.5. The van der Waals surface area contributed by atoms with Gasteiger partial charge in [0.1, 0.15) is 12.4 Å². The molecule has 0 spiro atoms. The van der Waals surface area contributed by atoms with E-state index in [0.29, 0.717) is 42.7 Å². The molecule has 2 aliphatic rings. The van der Waals surface area contributed by atoms with Crippen LogP contribution >= 0.6 is 11.6 Å². The molecule has 2 aromatic rings. The molecule has 1 N–H and O–H groups in total. The Hall–Kier alpha value is -2.09. The highest BCUT2D eigenvalue weighted by Crippen LogP contribution is 2.41. The number of benzene rings is 1. The summed E-state index contributed by atoms with van der Waals surface area (Å²) in [6.07, 6.45) is 7.47. The maximum atomic E-state index is 13.1. The number of nitrogens with one attached hydrogen (secondary N) is 1. The topological polar surface area (TPSA) is 74.6 Å². The van der Waals surface area contributed by atoms with E-state index in [1.54, 1.807) is 19.6 Å². The van der Waals surface area contributed by atoms with Crippen molar-refractivity contribution in [2.45, 2.75) is 51.3 Å². The van der Waals surface area contributed by atoms with E-state index in [2.05, 4.69) is 10.3 Å². The Morgan fingerprint density at radius 1 is 1.33 bits per heavy atom. The lowest BCUT2D eigenvalue weighted by Crippen LogP contribution is -2.39. The highest BCUT2D eigenvalue weighted by atomic mass is 35.5. The summed E-state index contributed by atoms with van der Waals surface area (Å²) in [7, 11) is 1.67. The zero-order valence-electron chi connectivity index (χ0n) is 17.4. The number of carbonyl (C=O) groups excluding carboxylic acids is 1. The Balaban J connectivity index is 1.48. The molecule has 1 aromatic carbocycles. The normalized spacial score (nSPS) is 20.6. The molecule has 2 heterocycles. The van der Waals surface area contributed by atoms with Crippen LogP contribution in [-0.4, -0.2) is 54.5 Å². The Kier molecular flexibility index (Phi) is 6.61. The second kappa shape index (κ2) is 9.37. The zero-order chi connectivity index (χ0) is 21.1. The lowest BCUT2D eigenvalue weighted by Gasteiger charge is -2.29. The summed E-state index contributed by atoms with van der Waals surface area (Å²) in [6.45, 7) is 4.29. The van der Waals surface area contributed by atoms with Crippen LogP contribution in [0.5, 0.6) is 5.75 Å². The van der Waals surface area contributed by atoms with Gasteiger partial charge in [-0.1, -0.05) is 11.6 Å². The van der Waals surface area contributed by atoms with Crippen LogP contribution in [0.25, 0.3) is 11.3 Å². The molecule has 1 fully saturated rings. The summed E-state index contributed by atoms with van der Waals surface area (Å²) in [4.78, 5) is 17.4. The Labute approximate surface area is 181 Å². The van der Waals surface area contributed by atoms with Crippen LogP contribution in [0.15, 0.2) is 18.6 Å². The molecule has 0 radical (unpaired) electrons. The average Bonchev–Trinajstić information content (AvgIpc) is 3.14. The molecule has 0 unspecified atom stereocenters. The second-order valence-corrected chi connectivity index (χ2v) is 8.25. The molecule has 7 nitrogen and oxygen atoms in total. The van der Waals surface area contributed by atoms with Crippen molar-refractivity contribution < 1.29 is 19.0 Å². The minimum atomic E-state index is -0.101. The predicted octanol–water partition coefficient (Wildman–Crippen LogP) is 3.61. The van der Waals surface area contributed by atoms with E-state index in [1.165, 1.54) is 0 Å². The number of hydrogen-bond donors (Lipinski definition) is 1. The van der Waals surface area contributed by atoms with Gasteiger partial charge in [0.15, 0.2) is 0 Å². The number of aromatic nitrogens is 2. The number of methoxy groups -OCH3 is 1. The lowest BCUT2D eigenvalue weighted by molar-refractivity contribution is -0.00408. The summed E-state index contributed by atoms with van der Waals surface area (Å²) < 4.78 is 18.8. The van der Waals surface area contributed by atoms with Gasteiger partial charge in [0, 0.05) is 24.3 Å². The Morgan fingerprint density at radius 2 is 2.13 bits per heavy atom. The van der Waals surface area contributed by atoms with E-state index in [-0.39, 0.29) is 18.1 Å². The number of imidazole rings is 1. The van der Waals surface area contributed by atoms with E-state index in [1.807, 2.05) is 17.6 Å². The van der Waals surface area contributed by atoms with Crippen LogP contribution in [0.4, 0.5) is 0 Å². The minimum absolute atomic E-state index is 0.101. The molecule has 4 rings (SSSR count). The zero-order valence-corrected chi connectivity index (χ0v) is 18.2. The van der Waals surface area contributed by atoms with Gasteiger partial charge in [0.25, 0.3) is 5.91 Å². The van der Waals surface area contributed by atoms with Gasteiger partial charge in [-0.15, -0.1) is 0 Å². The average molecular weight is 434 g/mol. The molecule has 1 aromatic heterocycles. The van der Waals surface area contributed by atoms with Gasteiger partial charge >= 0.3 is 0 Å². The van der Waals surface area contributed by atoms with Gasteiger partial charge in [-0.05, 0) is 44.2 Å². The van der Waals surface area contributed by atoms with E-state index >= 15 is 0 Å². The fraction of sp³-hybridized carbons (Fsp3) is 0.545. The van der Waals surface area contributed by atoms with Crippen molar-refractivity contribution in [3.63, 3.8) is 0 Å². The van der Waals surface area contributed by atoms with E-state index in [0.717, 1.165) is 42.5 Å². The number of halogens is 1. The molecule has 8 heteroatoms. The highest BCUT2D eigenvalue weighted by molar-refractivity contribution is 6.34. The van der Waals surface area contributed by atoms with Gasteiger partial charge in [-0.2, -0.15) is 0 Å². The summed E-state index contributed by atoms with van der Waals surface area (Å²) in [6, 6.07) is 2.02. The number of amides is 1. The minimum Gasteiger partial charge on any atom is -0.489 e. The number of nitrogens with zero attached hydrogens (tertiary/aromatic N) is 2. The second-order valence-electron chi connectivity index (χ2n) is 7.87. The fourth-order valence-corrected chi connectivity index (χ4v) is 4.45. The van der Waals surface area contributed by atoms with E-state index in [9.17, 15) is 4.79 Å². The quantitative estimate of drug-likeness (QED) is 0.704. The maximum absolute atomic E-state index is 13.1. The van der Waals surface area contributed by atoms with Crippen LogP contribution in [-0.2, 0) is 16.0 Å². The first kappa shape index (κ1) is 21.2. The molecular weight excluding hydrogens is 406 g/mol. The Bertz CT molecular complexity index is 906. The van der Waals surface area contributed by atoms with Crippen molar-refractivity contribution in [1.29, 1.82) is 0 Å². The third-order valence-electron chi connectivity index (χ3n) is 5.93. The highest BCUT2D eigenvalue weighted by Gasteiger charge is 2.27. The fourth-order valence-electron chi connectivity index (χ4n) is 4.20. The van der Waals surface area contributed by atoms with Crippen molar-refractivity contribution in [3.05, 3.63) is 34.7 Å². The molecule has 0 saturated heterocycles. The first-order chi connectivity index (χ1) is 14.6. The van der Waals surface area contributed by atoms with Gasteiger partial charge in [-0.3, -0.25) is 4.79 Å². The SMILES string of the molecule is COCCOC1CCC(NC(=O)c2cc3c(c(Cl)c2C)OCCn2cncc2-3)CC1. The number of fused-ring (bicyclic) bond motifs is 3. The van der Waals surface area contributed by atoms with Crippen molar-refractivity contribution >= 4 is 17.5 Å². The summed E-state index contributed by atoms with van der Waals surface area (Å²) >= 11 is 6.63. The molecule has 1 amide bonds. The van der Waals surface area contributed by atoms with Crippen molar-refractivity contribution in [3.8, 4) is 17.0 Å². The summed E-state index contributed by atoms with van der Waals surface area (Å²) in [5, 5.41) is 3.68. The van der Waals surface area contributed by atoms with Gasteiger partial charge in [0.05, 0.1) is 49.1 Å². The van der Waals surface area contributed by atoms with Gasteiger partial charge < -0.3 is 24.1 Å². The van der Waals surface area contributed by atoms with Gasteiger partial charge in [-0.25, -0.2) is 4.98 Å². The summed E-state index contributed by atoms with van der Waals surface area (Å²) in [5.74, 6) is 0.523. The van der Waals surface area contributed by atoms with Crippen molar-refractivity contribution in [2.24, 2.45) is 0 Å². The number of hydrogen-bond acceptors (Lipinski definition) is 5. The maximum Gasteiger partial charge on any atom is 0.251 e. The largest absolute Gasteiger partial charge is 0.489 e. The molecule has 162 valence electrons. The van der Waals surface area contributed by atoms with E-state index in [4.69, 9.17) is 25.8 Å². The van der Waals surface area contributed by atoms with Crippen molar-refractivity contribution in [1.82, 2.24) is 14.9 Å². The lowest BCUT2D eigenvalue weighted by atomic mass is 9.92. The molecule has 0 bridgehead atoms. The summed E-state index contributed by atoms with van der Waals surface area (Å²) in [5.41, 5.74) is 3.03. The molecule has 0 atom stereocenters. The monoisotopic (exact) mass is 433 g/mol. The van der Waals surface area contributed by atoms with Crippen LogP contribution in [0, 0.1) is 6.92 Å². The van der Waals surface area contributed by atoms with Crippen LogP contribution < -0.4 is 10.1 Å². The molecule has 1 aliphatic carbocycles. The third kappa shape index (κ3) is 4.33. The van der Waals surface area contributed by atoms with Crippen LogP contribution in [0.3, 0.4) is 0 Å². The number of rotatable bonds is 6. The van der Waals surface area contributed by atoms with Gasteiger partial charge in [0.2, 0.25) is 0 Å². The van der Waals surface area contributed by atoms with E-state index < -0.39 is 0 Å². The molecular formula is C22H28ClN3O4. The van der Waals surface area contributed by atoms with Crippen molar-refractivity contribution in [2.75, 3.05) is 26.9 Å². The third-order valence-corrected chi connectivity index (χ3v) is 6.38. The first-order valence-corrected chi connectivity index (χ1v) is 10.8. The molecule has 1 saturated carbocycles. The standard InChI is InChI=1S/C22H28ClN3O4/c1-14-17(22(27)25-15-3-5-16(6-4-15)29-10-9-28-2)11-18-19-12-24-13-26(19)7-8-30-21(18)20(14)23/h11-13,15-16H,3-10H2,1-2H3,(H,25,27). The molecule has 1 aliphatic heterocycles. The molecule has 30 heavy (non-hydrogen) atoms. The smallest absolute Gasteiger partial charge is 0.251 e. The van der Waals surface area contributed by atoms with Crippen LogP contribution in [0.1, 0.15) is 41.6 Å². The number of carbonyl (C=O) groups is 1. The van der Waals surface area contributed by atoms with Crippen LogP contribution in [0.2, 0.25) is 5.02 Å². The predicted molar refractivity (Wildman–Crippen MR) is 114 cm³/mol. The number of ether oxygens (including phenoxy) is 3.